The second-order valence-corrected chi connectivity index (χ2v) is 4.69. The van der Waals surface area contributed by atoms with E-state index in [9.17, 15) is 0 Å². The monoisotopic (exact) mass is 255 g/mol. The Morgan fingerprint density at radius 1 is 1.35 bits per heavy atom. The Bertz CT molecular complexity index is 389. The van der Waals surface area contributed by atoms with Crippen LogP contribution in [0.3, 0.4) is 0 Å². The van der Waals surface area contributed by atoms with Crippen LogP contribution in [-0.2, 0) is 6.54 Å². The molecule has 0 amide bonds. The van der Waals surface area contributed by atoms with Crippen LogP contribution >= 0.6 is 11.6 Å². The average Bonchev–Trinajstić information content (AvgIpc) is 2.83. The van der Waals surface area contributed by atoms with Crippen LogP contribution in [-0.4, -0.2) is 13.2 Å². The minimum atomic E-state index is 0.271. The summed E-state index contributed by atoms with van der Waals surface area (Å²) in [5, 5.41) is 0.640. The Kier molecular flexibility index (Phi) is 4.13. The molecule has 1 aliphatic carbocycles. The first kappa shape index (κ1) is 12.5. The second kappa shape index (κ2) is 5.61. The van der Waals surface area contributed by atoms with Gasteiger partial charge >= 0.3 is 0 Å². The topological polar surface area (TPSA) is 44.5 Å². The van der Waals surface area contributed by atoms with Gasteiger partial charge in [-0.25, -0.2) is 0 Å². The summed E-state index contributed by atoms with van der Waals surface area (Å²) in [7, 11) is 1.63. The highest BCUT2D eigenvalue weighted by Crippen LogP contribution is 2.38. The molecule has 0 aliphatic heterocycles. The highest BCUT2D eigenvalue weighted by Gasteiger charge is 2.21. The van der Waals surface area contributed by atoms with Crippen LogP contribution in [0.25, 0.3) is 0 Å². The van der Waals surface area contributed by atoms with Gasteiger partial charge in [0.2, 0.25) is 0 Å². The van der Waals surface area contributed by atoms with Gasteiger partial charge in [0.25, 0.3) is 0 Å². The van der Waals surface area contributed by atoms with Crippen LogP contribution in [0.4, 0.5) is 0 Å². The van der Waals surface area contributed by atoms with Crippen molar-refractivity contribution < 1.29 is 9.47 Å². The van der Waals surface area contributed by atoms with Crippen molar-refractivity contribution in [2.45, 2.75) is 38.3 Å². The molecule has 3 nitrogen and oxygen atoms in total. The first-order valence-electron chi connectivity index (χ1n) is 5.98. The Morgan fingerprint density at radius 2 is 2.06 bits per heavy atom. The molecule has 1 fully saturated rings. The van der Waals surface area contributed by atoms with Crippen LogP contribution in [0.15, 0.2) is 12.1 Å². The van der Waals surface area contributed by atoms with Gasteiger partial charge < -0.3 is 15.2 Å². The molecule has 1 saturated carbocycles. The maximum absolute atomic E-state index is 6.13. The maximum Gasteiger partial charge on any atom is 0.167 e. The third kappa shape index (κ3) is 2.67. The van der Waals surface area contributed by atoms with E-state index in [1.807, 2.05) is 6.07 Å². The molecule has 1 aromatic rings. The number of methoxy groups -OCH3 is 1. The van der Waals surface area contributed by atoms with Gasteiger partial charge in [-0.3, -0.25) is 0 Å². The van der Waals surface area contributed by atoms with E-state index in [2.05, 4.69) is 0 Å². The minimum absolute atomic E-state index is 0.271. The van der Waals surface area contributed by atoms with Crippen molar-refractivity contribution in [3.8, 4) is 11.5 Å². The largest absolute Gasteiger partial charge is 0.493 e. The summed E-state index contributed by atoms with van der Waals surface area (Å²) in [6, 6.07) is 3.62. The summed E-state index contributed by atoms with van der Waals surface area (Å²) >= 11 is 6.13. The van der Waals surface area contributed by atoms with E-state index < -0.39 is 0 Å². The quantitative estimate of drug-likeness (QED) is 0.899. The molecule has 0 unspecified atom stereocenters. The summed E-state index contributed by atoms with van der Waals surface area (Å²) < 4.78 is 11.3. The molecule has 2 rings (SSSR count). The molecular formula is C13H18ClNO2. The van der Waals surface area contributed by atoms with E-state index in [4.69, 9.17) is 26.8 Å². The van der Waals surface area contributed by atoms with E-state index in [-0.39, 0.29) is 6.10 Å². The number of halogens is 1. The lowest BCUT2D eigenvalue weighted by molar-refractivity contribution is 0.198. The maximum atomic E-state index is 6.13. The SMILES string of the molecule is COc1ccc(Cl)c(CN)c1OC1CCCC1. The van der Waals surface area contributed by atoms with E-state index in [0.29, 0.717) is 17.3 Å². The molecule has 0 spiro atoms. The van der Waals surface area contributed by atoms with Crippen molar-refractivity contribution in [1.29, 1.82) is 0 Å². The summed E-state index contributed by atoms with van der Waals surface area (Å²) in [6.07, 6.45) is 4.92. The van der Waals surface area contributed by atoms with Crippen molar-refractivity contribution in [3.63, 3.8) is 0 Å². The average molecular weight is 256 g/mol. The molecule has 0 radical (unpaired) electrons. The van der Waals surface area contributed by atoms with Gasteiger partial charge in [0.05, 0.1) is 13.2 Å². The first-order chi connectivity index (χ1) is 8.26. The lowest BCUT2D eigenvalue weighted by Gasteiger charge is -2.19. The van der Waals surface area contributed by atoms with E-state index in [1.165, 1.54) is 12.8 Å². The predicted molar refractivity (Wildman–Crippen MR) is 68.8 cm³/mol. The zero-order valence-electron chi connectivity index (χ0n) is 10.0. The smallest absolute Gasteiger partial charge is 0.167 e. The normalized spacial score (nSPS) is 16.2. The van der Waals surface area contributed by atoms with Crippen molar-refractivity contribution in [1.82, 2.24) is 0 Å². The van der Waals surface area contributed by atoms with E-state index >= 15 is 0 Å². The summed E-state index contributed by atoms with van der Waals surface area (Å²) in [4.78, 5) is 0. The number of benzene rings is 1. The fraction of sp³-hybridized carbons (Fsp3) is 0.538. The van der Waals surface area contributed by atoms with E-state index in [1.54, 1.807) is 13.2 Å². The Labute approximate surface area is 107 Å². The number of hydrogen-bond acceptors (Lipinski definition) is 3. The van der Waals surface area contributed by atoms with Crippen LogP contribution in [0.5, 0.6) is 11.5 Å². The molecule has 1 aliphatic rings. The fourth-order valence-electron chi connectivity index (χ4n) is 2.24. The Balaban J connectivity index is 2.30. The van der Waals surface area contributed by atoms with Crippen LogP contribution in [0.2, 0.25) is 5.02 Å². The van der Waals surface area contributed by atoms with E-state index in [0.717, 1.165) is 24.2 Å². The minimum Gasteiger partial charge on any atom is -0.493 e. The van der Waals surface area contributed by atoms with Crippen LogP contribution < -0.4 is 15.2 Å². The number of rotatable bonds is 4. The molecule has 0 atom stereocenters. The summed E-state index contributed by atoms with van der Waals surface area (Å²) in [5.41, 5.74) is 6.56. The van der Waals surface area contributed by atoms with Gasteiger partial charge in [0.1, 0.15) is 0 Å². The summed E-state index contributed by atoms with van der Waals surface area (Å²) in [6.45, 7) is 0.359. The van der Waals surface area contributed by atoms with Gasteiger partial charge in [0.15, 0.2) is 11.5 Å². The molecule has 94 valence electrons. The molecular weight excluding hydrogens is 238 g/mol. The zero-order valence-corrected chi connectivity index (χ0v) is 10.8. The molecule has 17 heavy (non-hydrogen) atoms. The first-order valence-corrected chi connectivity index (χ1v) is 6.36. The zero-order chi connectivity index (χ0) is 12.3. The molecule has 0 aromatic heterocycles. The summed E-state index contributed by atoms with van der Waals surface area (Å²) in [5.74, 6) is 1.43. The van der Waals surface area contributed by atoms with Crippen molar-refractivity contribution in [3.05, 3.63) is 22.7 Å². The lowest BCUT2D eigenvalue weighted by atomic mass is 10.1. The molecule has 0 heterocycles. The number of nitrogens with two attached hydrogens (primary N) is 1. The highest BCUT2D eigenvalue weighted by atomic mass is 35.5. The van der Waals surface area contributed by atoms with Gasteiger partial charge in [-0.15, -0.1) is 0 Å². The van der Waals surface area contributed by atoms with Crippen molar-refractivity contribution >= 4 is 11.6 Å². The lowest BCUT2D eigenvalue weighted by Crippen LogP contribution is -2.14. The molecule has 4 heteroatoms. The highest BCUT2D eigenvalue weighted by molar-refractivity contribution is 6.31. The third-order valence-corrected chi connectivity index (χ3v) is 3.53. The number of hydrogen-bond donors (Lipinski definition) is 1. The number of ether oxygens (including phenoxy) is 2. The Morgan fingerprint density at radius 3 is 2.65 bits per heavy atom. The van der Waals surface area contributed by atoms with Gasteiger partial charge in [0, 0.05) is 17.1 Å². The molecule has 0 bridgehead atoms. The Hall–Kier alpha value is -0.930. The molecule has 2 N–H and O–H groups in total. The van der Waals surface area contributed by atoms with Crippen molar-refractivity contribution in [2.24, 2.45) is 5.73 Å². The predicted octanol–water partition coefficient (Wildman–Crippen LogP) is 3.13. The van der Waals surface area contributed by atoms with Gasteiger partial charge in [-0.05, 0) is 37.8 Å². The van der Waals surface area contributed by atoms with Crippen molar-refractivity contribution in [2.75, 3.05) is 7.11 Å². The molecule has 1 aromatic carbocycles. The van der Waals surface area contributed by atoms with Gasteiger partial charge in [-0.2, -0.15) is 0 Å². The van der Waals surface area contributed by atoms with Crippen LogP contribution in [0.1, 0.15) is 31.2 Å². The molecule has 0 saturated heterocycles. The van der Waals surface area contributed by atoms with Gasteiger partial charge in [-0.1, -0.05) is 11.6 Å². The fourth-order valence-corrected chi connectivity index (χ4v) is 2.46. The third-order valence-electron chi connectivity index (χ3n) is 3.18. The standard InChI is InChI=1S/C13H18ClNO2/c1-16-12-7-6-11(14)10(8-15)13(12)17-9-4-2-3-5-9/h6-7,9H,2-5,8,15H2,1H3. The van der Waals surface area contributed by atoms with Crippen LogP contribution in [0, 0.1) is 0 Å². The second-order valence-electron chi connectivity index (χ2n) is 4.29.